The largest absolute Gasteiger partial charge is 0.497 e. The Balaban J connectivity index is 1.75. The maximum atomic E-state index is 12.5. The summed E-state index contributed by atoms with van der Waals surface area (Å²) >= 11 is 0. The Morgan fingerprint density at radius 2 is 1.77 bits per heavy atom. The number of carbonyl (C=O) groups excluding carboxylic acids is 1. The van der Waals surface area contributed by atoms with Crippen molar-refractivity contribution in [3.05, 3.63) is 90.3 Å². The predicted octanol–water partition coefficient (Wildman–Crippen LogP) is 4.53. The van der Waals surface area contributed by atoms with Crippen molar-refractivity contribution in [3.8, 4) is 34.0 Å². The quantitative estimate of drug-likeness (QED) is 0.353. The van der Waals surface area contributed by atoms with Crippen molar-refractivity contribution in [1.29, 1.82) is 0 Å². The summed E-state index contributed by atoms with van der Waals surface area (Å²) in [6.07, 6.45) is 1.74. The maximum absolute atomic E-state index is 12.5. The topological polar surface area (TPSA) is 90.9 Å². The molecule has 0 fully saturated rings. The van der Waals surface area contributed by atoms with Crippen LogP contribution >= 0.6 is 0 Å². The van der Waals surface area contributed by atoms with E-state index < -0.39 is 5.97 Å². The fourth-order valence-electron chi connectivity index (χ4n) is 4.04. The summed E-state index contributed by atoms with van der Waals surface area (Å²) in [5.74, 6) is 0.332. The van der Waals surface area contributed by atoms with Gasteiger partial charge in [-0.3, -0.25) is 0 Å². The van der Waals surface area contributed by atoms with Crippen LogP contribution in [0, 0.1) is 0 Å². The molecule has 0 aliphatic carbocycles. The van der Waals surface area contributed by atoms with E-state index in [4.69, 9.17) is 19.7 Å². The van der Waals surface area contributed by atoms with Gasteiger partial charge in [0.15, 0.2) is 0 Å². The molecule has 0 unspecified atom stereocenters. The third kappa shape index (κ3) is 4.15. The van der Waals surface area contributed by atoms with Crippen LogP contribution in [0.5, 0.6) is 5.75 Å². The molecule has 3 aromatic heterocycles. The Labute approximate surface area is 202 Å². The minimum absolute atomic E-state index is 0.187. The van der Waals surface area contributed by atoms with E-state index in [-0.39, 0.29) is 13.2 Å². The molecule has 8 nitrogen and oxygen atoms in total. The van der Waals surface area contributed by atoms with Crippen molar-refractivity contribution >= 4 is 11.5 Å². The molecule has 8 heteroatoms. The number of hydrogen-bond donors (Lipinski definition) is 1. The highest BCUT2D eigenvalue weighted by Crippen LogP contribution is 2.36. The third-order valence-electron chi connectivity index (χ3n) is 5.71. The first-order chi connectivity index (χ1) is 17.1. The van der Waals surface area contributed by atoms with E-state index in [1.165, 1.54) is 0 Å². The number of hydrogen-bond acceptors (Lipinski definition) is 6. The number of aliphatic hydroxyl groups is 1. The Kier molecular flexibility index (Phi) is 6.03. The Morgan fingerprint density at radius 3 is 2.46 bits per heavy atom. The molecule has 5 aromatic rings. The van der Waals surface area contributed by atoms with Crippen LogP contribution in [0.2, 0.25) is 0 Å². The molecule has 1 N–H and O–H groups in total. The Bertz CT molecular complexity index is 1490. The van der Waals surface area contributed by atoms with Crippen LogP contribution in [-0.2, 0) is 11.3 Å². The van der Waals surface area contributed by atoms with Gasteiger partial charge in [-0.1, -0.05) is 18.2 Å². The van der Waals surface area contributed by atoms with Gasteiger partial charge in [0, 0.05) is 11.8 Å². The number of para-hydroxylation sites is 1. The smallest absolute Gasteiger partial charge is 0.338 e. The van der Waals surface area contributed by atoms with Crippen molar-refractivity contribution in [2.45, 2.75) is 13.5 Å². The number of pyridine rings is 1. The molecule has 0 saturated carbocycles. The molecule has 0 bridgehead atoms. The van der Waals surface area contributed by atoms with Crippen molar-refractivity contribution in [3.63, 3.8) is 0 Å². The van der Waals surface area contributed by atoms with E-state index in [1.54, 1.807) is 41.6 Å². The number of methoxy groups -OCH3 is 1. The van der Waals surface area contributed by atoms with E-state index in [0.717, 1.165) is 22.6 Å². The first-order valence-corrected chi connectivity index (χ1v) is 11.2. The van der Waals surface area contributed by atoms with Crippen LogP contribution in [0.15, 0.2) is 79.0 Å². The zero-order valence-corrected chi connectivity index (χ0v) is 19.4. The third-order valence-corrected chi connectivity index (χ3v) is 5.71. The zero-order chi connectivity index (χ0) is 24.4. The molecule has 35 heavy (non-hydrogen) atoms. The van der Waals surface area contributed by atoms with E-state index >= 15 is 0 Å². The molecule has 0 amide bonds. The van der Waals surface area contributed by atoms with Crippen LogP contribution in [0.25, 0.3) is 33.7 Å². The minimum atomic E-state index is -0.404. The van der Waals surface area contributed by atoms with E-state index in [1.807, 2.05) is 60.7 Å². The molecule has 0 spiro atoms. The highest BCUT2D eigenvalue weighted by atomic mass is 16.5. The molecular weight excluding hydrogens is 444 g/mol. The van der Waals surface area contributed by atoms with Gasteiger partial charge in [0.2, 0.25) is 0 Å². The zero-order valence-electron chi connectivity index (χ0n) is 19.4. The fraction of sp³-hybridized carbons (Fsp3) is 0.148. The summed E-state index contributed by atoms with van der Waals surface area (Å²) in [6, 6.07) is 22.5. The molecule has 2 aromatic carbocycles. The van der Waals surface area contributed by atoms with Crippen LogP contribution < -0.4 is 4.74 Å². The molecule has 0 aliphatic heterocycles. The van der Waals surface area contributed by atoms with Crippen molar-refractivity contribution in [1.82, 2.24) is 19.4 Å². The average Bonchev–Trinajstić information content (AvgIpc) is 3.50. The molecule has 5 rings (SSSR count). The summed E-state index contributed by atoms with van der Waals surface area (Å²) in [5.41, 5.74) is 5.50. The van der Waals surface area contributed by atoms with Gasteiger partial charge >= 0.3 is 5.97 Å². The first kappa shape index (κ1) is 22.4. The van der Waals surface area contributed by atoms with Gasteiger partial charge in [-0.15, -0.1) is 0 Å². The number of fused-ring (bicyclic) bond motifs is 1. The second-order valence-corrected chi connectivity index (χ2v) is 7.84. The molecule has 3 heterocycles. The normalized spacial score (nSPS) is 11.1. The Morgan fingerprint density at radius 1 is 1.00 bits per heavy atom. The molecular formula is C27H24N4O4. The number of ether oxygens (including phenoxy) is 2. The molecule has 0 aliphatic rings. The number of aliphatic hydroxyl groups excluding tert-OH is 1. The van der Waals surface area contributed by atoms with Crippen LogP contribution in [0.3, 0.4) is 0 Å². The molecule has 176 valence electrons. The van der Waals surface area contributed by atoms with Gasteiger partial charge in [0.25, 0.3) is 0 Å². The highest BCUT2D eigenvalue weighted by Gasteiger charge is 2.22. The molecule has 0 saturated heterocycles. The number of nitrogens with zero attached hydrogens (tertiary/aromatic N) is 4. The van der Waals surface area contributed by atoms with Gasteiger partial charge in [-0.2, -0.15) is 10.2 Å². The number of benzene rings is 2. The number of rotatable bonds is 7. The Hall–Kier alpha value is -4.43. The standard InChI is InChI=1S/C27H24N4O4/c1-3-35-27(33)19-13-14-30-24(15-19)25(26(29-30)18-9-11-22(34-2)12-10-18)23-16-21(17-32)31(28-23)20-7-5-4-6-8-20/h4-16,32H,3,17H2,1-2H3. The van der Waals surface area contributed by atoms with E-state index in [0.29, 0.717) is 28.2 Å². The summed E-state index contributed by atoms with van der Waals surface area (Å²) in [5, 5.41) is 19.7. The summed E-state index contributed by atoms with van der Waals surface area (Å²) in [4.78, 5) is 12.5. The number of esters is 1. The van der Waals surface area contributed by atoms with Gasteiger partial charge in [-0.05, 0) is 61.5 Å². The van der Waals surface area contributed by atoms with Crippen molar-refractivity contribution < 1.29 is 19.4 Å². The van der Waals surface area contributed by atoms with E-state index in [9.17, 15) is 9.90 Å². The fourth-order valence-corrected chi connectivity index (χ4v) is 4.04. The highest BCUT2D eigenvalue weighted by molar-refractivity contribution is 5.96. The van der Waals surface area contributed by atoms with E-state index in [2.05, 4.69) is 0 Å². The SMILES string of the molecule is CCOC(=O)c1ccn2nc(-c3ccc(OC)cc3)c(-c3cc(CO)n(-c4ccccc4)n3)c2c1. The van der Waals surface area contributed by atoms with Crippen molar-refractivity contribution in [2.75, 3.05) is 13.7 Å². The summed E-state index contributed by atoms with van der Waals surface area (Å²) in [6.45, 7) is 1.87. The molecule has 0 radical (unpaired) electrons. The van der Waals surface area contributed by atoms with Crippen molar-refractivity contribution in [2.24, 2.45) is 0 Å². The second-order valence-electron chi connectivity index (χ2n) is 7.84. The van der Waals surface area contributed by atoms with Crippen LogP contribution in [-0.4, -0.2) is 44.2 Å². The van der Waals surface area contributed by atoms with Crippen LogP contribution in [0.1, 0.15) is 23.0 Å². The lowest BCUT2D eigenvalue weighted by atomic mass is 10.0. The predicted molar refractivity (Wildman–Crippen MR) is 132 cm³/mol. The van der Waals surface area contributed by atoms with Gasteiger partial charge in [0.1, 0.15) is 11.4 Å². The maximum Gasteiger partial charge on any atom is 0.338 e. The van der Waals surface area contributed by atoms with Gasteiger partial charge in [0.05, 0.1) is 54.0 Å². The second kappa shape index (κ2) is 9.44. The van der Waals surface area contributed by atoms with Gasteiger partial charge < -0.3 is 14.6 Å². The summed E-state index contributed by atoms with van der Waals surface area (Å²) < 4.78 is 13.9. The minimum Gasteiger partial charge on any atom is -0.497 e. The summed E-state index contributed by atoms with van der Waals surface area (Å²) in [7, 11) is 1.62. The lowest BCUT2D eigenvalue weighted by Gasteiger charge is -2.05. The first-order valence-electron chi connectivity index (χ1n) is 11.2. The number of carbonyl (C=O) groups is 1. The van der Waals surface area contributed by atoms with Crippen LogP contribution in [0.4, 0.5) is 0 Å². The monoisotopic (exact) mass is 468 g/mol. The van der Waals surface area contributed by atoms with Gasteiger partial charge in [-0.25, -0.2) is 14.0 Å². The lowest BCUT2D eigenvalue weighted by molar-refractivity contribution is 0.0526. The lowest BCUT2D eigenvalue weighted by Crippen LogP contribution is -2.05. The number of aromatic nitrogens is 4. The molecule has 0 atom stereocenters. The average molecular weight is 469 g/mol.